The third-order valence-corrected chi connectivity index (χ3v) is 9.35. The molecule has 2 amide bonds. The van der Waals surface area contributed by atoms with Crippen LogP contribution in [0.2, 0.25) is 0 Å². The fourth-order valence-electron chi connectivity index (χ4n) is 4.70. The summed E-state index contributed by atoms with van der Waals surface area (Å²) in [5.74, 6) is -1.38. The van der Waals surface area contributed by atoms with Gasteiger partial charge in [0, 0.05) is 24.0 Å². The molecule has 4 rings (SSSR count). The number of amides is 2. The van der Waals surface area contributed by atoms with E-state index < -0.39 is 34.3 Å². The topological polar surface area (TPSA) is 86.8 Å². The smallest absolute Gasteiger partial charge is 0.264 e. The first kappa shape index (κ1) is 32.9. The molecule has 0 saturated carbocycles. The van der Waals surface area contributed by atoms with Gasteiger partial charge in [0.2, 0.25) is 11.8 Å². The highest BCUT2D eigenvalue weighted by Crippen LogP contribution is 2.27. The van der Waals surface area contributed by atoms with Crippen LogP contribution in [0.4, 0.5) is 10.1 Å². The van der Waals surface area contributed by atoms with Gasteiger partial charge in [0.05, 0.1) is 10.6 Å². The summed E-state index contributed by atoms with van der Waals surface area (Å²) in [7, 11) is -4.20. The second-order valence-corrected chi connectivity index (χ2v) is 13.2. The van der Waals surface area contributed by atoms with Crippen molar-refractivity contribution in [1.82, 2.24) is 10.2 Å². The summed E-state index contributed by atoms with van der Waals surface area (Å²) < 4.78 is 43.6. The number of benzene rings is 4. The average molecular weight is 681 g/mol. The second-order valence-electron chi connectivity index (χ2n) is 10.4. The molecule has 7 nitrogen and oxygen atoms in total. The van der Waals surface area contributed by atoms with Crippen LogP contribution >= 0.6 is 15.9 Å². The van der Waals surface area contributed by atoms with E-state index in [0.717, 1.165) is 15.4 Å². The van der Waals surface area contributed by atoms with E-state index in [1.165, 1.54) is 29.2 Å². The van der Waals surface area contributed by atoms with E-state index in [9.17, 15) is 22.4 Å². The Bertz CT molecular complexity index is 1670. The monoisotopic (exact) mass is 679 g/mol. The number of halogens is 2. The van der Waals surface area contributed by atoms with E-state index in [0.29, 0.717) is 23.0 Å². The van der Waals surface area contributed by atoms with Gasteiger partial charge in [-0.3, -0.25) is 13.9 Å². The zero-order valence-electron chi connectivity index (χ0n) is 24.6. The first-order chi connectivity index (χ1) is 21.1. The molecule has 4 aromatic carbocycles. The molecule has 44 heavy (non-hydrogen) atoms. The number of nitrogens with one attached hydrogen (secondary N) is 1. The fourth-order valence-corrected chi connectivity index (χ4v) is 6.50. The number of aryl methyl sites for hydroxylation is 1. The highest BCUT2D eigenvalue weighted by Gasteiger charge is 2.34. The molecule has 1 unspecified atom stereocenters. The summed E-state index contributed by atoms with van der Waals surface area (Å²) in [5.41, 5.74) is 2.60. The largest absolute Gasteiger partial charge is 0.354 e. The number of carbonyl (C=O) groups excluding carboxylic acids is 2. The number of anilines is 1. The van der Waals surface area contributed by atoms with Gasteiger partial charge in [0.1, 0.15) is 18.4 Å². The molecule has 0 spiro atoms. The minimum Gasteiger partial charge on any atom is -0.354 e. The zero-order chi connectivity index (χ0) is 31.7. The van der Waals surface area contributed by atoms with Gasteiger partial charge < -0.3 is 10.2 Å². The molecule has 0 bridgehead atoms. The Morgan fingerprint density at radius 3 is 2.20 bits per heavy atom. The summed E-state index contributed by atoms with van der Waals surface area (Å²) in [5, 5.41) is 2.91. The predicted molar refractivity (Wildman–Crippen MR) is 174 cm³/mol. The van der Waals surface area contributed by atoms with Crippen molar-refractivity contribution >= 4 is 43.5 Å². The van der Waals surface area contributed by atoms with Crippen molar-refractivity contribution in [2.75, 3.05) is 17.4 Å². The van der Waals surface area contributed by atoms with Crippen molar-refractivity contribution in [3.63, 3.8) is 0 Å². The van der Waals surface area contributed by atoms with Crippen molar-refractivity contribution < 1.29 is 22.4 Å². The van der Waals surface area contributed by atoms with Crippen LogP contribution in [0.1, 0.15) is 30.0 Å². The average Bonchev–Trinajstić information content (AvgIpc) is 3.01. The molecular formula is C34H35BrFN3O4S. The molecule has 0 saturated heterocycles. The highest BCUT2D eigenvalue weighted by atomic mass is 79.9. The van der Waals surface area contributed by atoms with E-state index in [2.05, 4.69) is 21.2 Å². The number of rotatable bonds is 13. The lowest BCUT2D eigenvalue weighted by Crippen LogP contribution is -2.53. The molecule has 0 aliphatic rings. The van der Waals surface area contributed by atoms with Crippen LogP contribution in [-0.4, -0.2) is 44.3 Å². The molecule has 230 valence electrons. The number of hydrogen-bond acceptors (Lipinski definition) is 4. The van der Waals surface area contributed by atoms with Crippen LogP contribution in [0.5, 0.6) is 0 Å². The van der Waals surface area contributed by atoms with E-state index in [1.54, 1.807) is 48.5 Å². The lowest BCUT2D eigenvalue weighted by molar-refractivity contribution is -0.140. The molecule has 1 N–H and O–H groups in total. The third-order valence-electron chi connectivity index (χ3n) is 7.07. The summed E-state index contributed by atoms with van der Waals surface area (Å²) in [4.78, 5) is 29.4. The summed E-state index contributed by atoms with van der Waals surface area (Å²) >= 11 is 3.41. The van der Waals surface area contributed by atoms with Gasteiger partial charge in [-0.25, -0.2) is 12.8 Å². The SMILES string of the molecule is CCCNC(=O)C(Cc1ccccc1)N(Cc1ccc(F)cc1)C(=O)CN(c1cccc(Br)c1)S(=O)(=O)c1ccc(C)cc1. The van der Waals surface area contributed by atoms with Crippen molar-refractivity contribution in [2.45, 2.75) is 44.2 Å². The maximum atomic E-state index is 14.4. The van der Waals surface area contributed by atoms with Crippen LogP contribution in [0.15, 0.2) is 112 Å². The molecule has 0 fully saturated rings. The minimum atomic E-state index is -4.20. The quantitative estimate of drug-likeness (QED) is 0.181. The van der Waals surface area contributed by atoms with Crippen LogP contribution in [0.25, 0.3) is 0 Å². The Kier molecular flexibility index (Phi) is 11.3. The standard InChI is InChI=1S/C34H35BrFN3O4S/c1-3-20-37-34(41)32(21-26-8-5-4-6-9-26)38(23-27-14-16-29(36)17-15-27)33(40)24-39(30-11-7-10-28(35)22-30)44(42,43)31-18-12-25(2)13-19-31/h4-19,22,32H,3,20-21,23-24H2,1-2H3,(H,37,41). The minimum absolute atomic E-state index is 0.0301. The van der Waals surface area contributed by atoms with Crippen LogP contribution in [0.3, 0.4) is 0 Å². The zero-order valence-corrected chi connectivity index (χ0v) is 27.0. The van der Waals surface area contributed by atoms with Crippen LogP contribution in [0, 0.1) is 12.7 Å². The molecule has 10 heteroatoms. The van der Waals surface area contributed by atoms with E-state index in [1.807, 2.05) is 44.2 Å². The van der Waals surface area contributed by atoms with Crippen LogP contribution in [-0.2, 0) is 32.6 Å². The number of sulfonamides is 1. The Labute approximate surface area is 266 Å². The number of nitrogens with zero attached hydrogens (tertiary/aromatic N) is 2. The Balaban J connectivity index is 1.79. The number of hydrogen-bond donors (Lipinski definition) is 1. The third kappa shape index (κ3) is 8.54. The maximum Gasteiger partial charge on any atom is 0.264 e. The molecule has 4 aromatic rings. The van der Waals surface area contributed by atoms with Crippen molar-refractivity contribution in [3.8, 4) is 0 Å². The normalized spacial score (nSPS) is 11.9. The van der Waals surface area contributed by atoms with E-state index in [-0.39, 0.29) is 29.5 Å². The predicted octanol–water partition coefficient (Wildman–Crippen LogP) is 6.26. The van der Waals surface area contributed by atoms with Crippen molar-refractivity contribution in [2.24, 2.45) is 0 Å². The van der Waals surface area contributed by atoms with Gasteiger partial charge in [0.15, 0.2) is 0 Å². The van der Waals surface area contributed by atoms with Gasteiger partial charge in [-0.1, -0.05) is 89.1 Å². The highest BCUT2D eigenvalue weighted by molar-refractivity contribution is 9.10. The van der Waals surface area contributed by atoms with E-state index in [4.69, 9.17) is 0 Å². The van der Waals surface area contributed by atoms with Gasteiger partial charge in [-0.05, 0) is 66.9 Å². The summed E-state index contributed by atoms with van der Waals surface area (Å²) in [6, 6.07) is 27.1. The Morgan fingerprint density at radius 2 is 1.57 bits per heavy atom. The molecule has 0 radical (unpaired) electrons. The maximum absolute atomic E-state index is 14.4. The Morgan fingerprint density at radius 1 is 0.886 bits per heavy atom. The molecule has 0 heterocycles. The summed E-state index contributed by atoms with van der Waals surface area (Å²) in [6.07, 6.45) is 0.895. The second kappa shape index (κ2) is 15.1. The number of carbonyl (C=O) groups is 2. The van der Waals surface area contributed by atoms with Gasteiger partial charge in [-0.15, -0.1) is 0 Å². The van der Waals surface area contributed by atoms with Crippen LogP contribution < -0.4 is 9.62 Å². The van der Waals surface area contributed by atoms with Gasteiger partial charge in [-0.2, -0.15) is 0 Å². The Hall–Kier alpha value is -4.02. The van der Waals surface area contributed by atoms with Gasteiger partial charge in [0.25, 0.3) is 10.0 Å². The first-order valence-corrected chi connectivity index (χ1v) is 16.5. The summed E-state index contributed by atoms with van der Waals surface area (Å²) in [6.45, 7) is 3.59. The lowest BCUT2D eigenvalue weighted by Gasteiger charge is -2.34. The first-order valence-electron chi connectivity index (χ1n) is 14.3. The lowest BCUT2D eigenvalue weighted by atomic mass is 10.0. The van der Waals surface area contributed by atoms with Gasteiger partial charge >= 0.3 is 0 Å². The fraction of sp³-hybridized carbons (Fsp3) is 0.235. The molecule has 0 aliphatic carbocycles. The molecule has 0 aliphatic heterocycles. The molecule has 1 atom stereocenters. The van der Waals surface area contributed by atoms with E-state index >= 15 is 0 Å². The van der Waals surface area contributed by atoms with Crippen molar-refractivity contribution in [1.29, 1.82) is 0 Å². The molecule has 0 aromatic heterocycles. The molecular weight excluding hydrogens is 645 g/mol. The van der Waals surface area contributed by atoms with Crippen molar-refractivity contribution in [3.05, 3.63) is 130 Å².